The van der Waals surface area contributed by atoms with Crippen LogP contribution < -0.4 is 26.8 Å². The van der Waals surface area contributed by atoms with Crippen molar-refractivity contribution in [3.8, 4) is 16.8 Å². The van der Waals surface area contributed by atoms with E-state index in [1.165, 1.54) is 60.7 Å². The average Bonchev–Trinajstić information content (AvgIpc) is 3.39. The maximum absolute atomic E-state index is 4.28. The Bertz CT molecular complexity index is 2090. The minimum atomic E-state index is -2.20. The van der Waals surface area contributed by atoms with Crippen LogP contribution in [0.3, 0.4) is 0 Å². The summed E-state index contributed by atoms with van der Waals surface area (Å²) in [5.41, 5.74) is 12.7. The van der Waals surface area contributed by atoms with Crippen LogP contribution in [0.1, 0.15) is 0 Å². The molecule has 170 valence electrons. The van der Waals surface area contributed by atoms with Crippen molar-refractivity contribution in [3.63, 3.8) is 0 Å². The topological polar surface area (TPSA) is 17.0 Å². The molecule has 0 saturated carbocycles. The molecule has 0 spiro atoms. The Balaban J connectivity index is 1.29. The number of benzene rings is 5. The average molecular weight is 493 g/mol. The van der Waals surface area contributed by atoms with Crippen molar-refractivity contribution in [3.05, 3.63) is 109 Å². The number of rotatable bonds is 3. The van der Waals surface area contributed by atoms with Crippen LogP contribution in [0.25, 0.3) is 38.6 Å². The van der Waals surface area contributed by atoms with Crippen LogP contribution in [0, 0.1) is 0 Å². The summed E-state index contributed by atoms with van der Waals surface area (Å²) in [5, 5.41) is 8.85. The van der Waals surface area contributed by atoms with Crippen molar-refractivity contribution in [2.45, 2.75) is 0 Å². The molecule has 6 aromatic rings. The summed E-state index contributed by atoms with van der Waals surface area (Å²) in [4.78, 5) is 0. The van der Waals surface area contributed by atoms with Crippen LogP contribution in [-0.2, 0) is 0 Å². The summed E-state index contributed by atoms with van der Waals surface area (Å²) in [5.74, 6) is 0. The fourth-order valence-electron chi connectivity index (χ4n) is 9.23. The van der Waals surface area contributed by atoms with Crippen molar-refractivity contribution in [1.82, 2.24) is 4.57 Å². The fourth-order valence-corrected chi connectivity index (χ4v) is 17.5. The standard InChI is InChI=1S/C30H19B5N2P/c1-2-9-19(10-3-1)36-38(33-31-34(38)35(33)38)27-18-17-24-30-28(27)22-12-5-7-15-25(22)37(30)26-16-8-13-21-20-11-4-6-14-23(20)32(24)29(21)26/h1-18,36H/q-1. The summed E-state index contributed by atoms with van der Waals surface area (Å²) in [6.45, 7) is 0.303. The number of aromatic nitrogens is 1. The van der Waals surface area contributed by atoms with Gasteiger partial charge in [0.1, 0.15) is 0 Å². The Hall–Kier alpha value is -3.55. The number of hydrogen-bond donors (Lipinski definition) is 1. The zero-order valence-corrected chi connectivity index (χ0v) is 21.6. The molecular weight excluding hydrogens is 473 g/mol. The molecule has 8 heteroatoms. The molecule has 6 aliphatic rings. The maximum atomic E-state index is 4.28. The summed E-state index contributed by atoms with van der Waals surface area (Å²) in [7, 11) is 2.64. The number of fused-ring (bicyclic) bond motifs is 8. The zero-order valence-electron chi connectivity index (χ0n) is 20.7. The molecule has 4 saturated heterocycles. The normalized spacial score (nSPS) is 19.8. The van der Waals surface area contributed by atoms with Crippen LogP contribution in [0.15, 0.2) is 109 Å². The van der Waals surface area contributed by atoms with Gasteiger partial charge in [-0.25, -0.2) is 0 Å². The number of hydrogen-bond acceptors (Lipinski definition) is 1. The van der Waals surface area contributed by atoms with Gasteiger partial charge in [-0.15, -0.1) is 0 Å². The summed E-state index contributed by atoms with van der Waals surface area (Å²) < 4.78 is 2.61. The Morgan fingerprint density at radius 2 is 1.45 bits per heavy atom. The first-order valence-corrected chi connectivity index (χ1v) is 16.3. The summed E-state index contributed by atoms with van der Waals surface area (Å²) >= 11 is 0. The molecule has 5 aromatic carbocycles. The first-order valence-electron chi connectivity index (χ1n) is 13.8. The molecular formula is C30H19B5N2P-. The van der Waals surface area contributed by atoms with E-state index in [9.17, 15) is 0 Å². The van der Waals surface area contributed by atoms with Crippen molar-refractivity contribution in [2.75, 3.05) is 5.09 Å². The van der Waals surface area contributed by atoms with Gasteiger partial charge in [0.15, 0.2) is 0 Å². The Morgan fingerprint density at radius 1 is 0.684 bits per heavy atom. The first-order chi connectivity index (χ1) is 18.8. The molecule has 7 heterocycles. The van der Waals surface area contributed by atoms with E-state index in [0.29, 0.717) is 6.71 Å². The Labute approximate surface area is 223 Å². The molecule has 6 aliphatic heterocycles. The quantitative estimate of drug-likeness (QED) is 0.294. The van der Waals surface area contributed by atoms with Gasteiger partial charge < -0.3 is 0 Å². The van der Waals surface area contributed by atoms with Crippen molar-refractivity contribution >= 4 is 88.0 Å². The molecule has 2 radical (unpaired) electrons. The molecule has 38 heavy (non-hydrogen) atoms. The van der Waals surface area contributed by atoms with Gasteiger partial charge in [-0.3, -0.25) is 0 Å². The molecule has 0 atom stereocenters. The molecule has 0 amide bonds. The predicted octanol–water partition coefficient (Wildman–Crippen LogP) is 3.67. The third-order valence-corrected chi connectivity index (χ3v) is 17.8. The first kappa shape index (κ1) is 19.5. The Morgan fingerprint density at radius 3 is 2.29 bits per heavy atom. The number of para-hydroxylation sites is 2. The monoisotopic (exact) mass is 493 g/mol. The SMILES string of the molecule is [B-]1B2B3B1P23(Nc1ccccc1)c1ccc2c3c1c1ccccc1n3-c1cccc3c1B2c1ccccc1-3. The van der Waals surface area contributed by atoms with E-state index in [1.807, 2.05) is 0 Å². The third kappa shape index (κ3) is 1.75. The molecule has 2 nitrogen and oxygen atoms in total. The van der Waals surface area contributed by atoms with Crippen LogP contribution in [-0.4, -0.2) is 37.0 Å². The number of nitrogens with zero attached hydrogens (tertiary/aromatic N) is 1. The fraction of sp³-hybridized carbons (Fsp3) is 0. The van der Waals surface area contributed by atoms with Crippen molar-refractivity contribution in [1.29, 1.82) is 0 Å². The van der Waals surface area contributed by atoms with Crippen molar-refractivity contribution < 1.29 is 0 Å². The van der Waals surface area contributed by atoms with Gasteiger partial charge in [0.2, 0.25) is 0 Å². The van der Waals surface area contributed by atoms with E-state index in [2.05, 4.69) is 126 Å². The molecule has 4 fully saturated rings. The number of nitrogens with one attached hydrogen (secondary N) is 1. The molecule has 0 aliphatic carbocycles. The molecule has 12 rings (SSSR count). The van der Waals surface area contributed by atoms with Gasteiger partial charge in [-0.2, -0.15) is 0 Å². The second-order valence-corrected chi connectivity index (χ2v) is 17.1. The van der Waals surface area contributed by atoms with Crippen LogP contribution in [0.4, 0.5) is 5.69 Å². The number of anilines is 1. The van der Waals surface area contributed by atoms with Gasteiger partial charge in [0, 0.05) is 0 Å². The van der Waals surface area contributed by atoms with Crippen LogP contribution in [0.5, 0.6) is 0 Å². The van der Waals surface area contributed by atoms with Gasteiger partial charge in [-0.05, 0) is 0 Å². The van der Waals surface area contributed by atoms with Gasteiger partial charge in [0.25, 0.3) is 0 Å². The van der Waals surface area contributed by atoms with E-state index < -0.39 is 6.39 Å². The zero-order chi connectivity index (χ0) is 24.4. The van der Waals surface area contributed by atoms with Crippen LogP contribution in [0.2, 0.25) is 0 Å². The van der Waals surface area contributed by atoms with Crippen LogP contribution >= 0.6 is 6.39 Å². The predicted molar refractivity (Wildman–Crippen MR) is 171 cm³/mol. The molecule has 1 N–H and O–H groups in total. The molecule has 1 aromatic heterocycles. The summed E-state index contributed by atoms with van der Waals surface area (Å²) in [6.07, 6.45) is 0.178. The van der Waals surface area contributed by atoms with E-state index in [1.54, 1.807) is 5.30 Å². The third-order valence-electron chi connectivity index (χ3n) is 10.8. The molecule has 0 unspecified atom stereocenters. The van der Waals surface area contributed by atoms with E-state index in [-0.39, 0.29) is 0 Å². The van der Waals surface area contributed by atoms with Gasteiger partial charge >= 0.3 is 224 Å². The van der Waals surface area contributed by atoms with E-state index in [0.717, 1.165) is 18.6 Å². The second kappa shape index (κ2) is 5.87. The molecule has 2 bridgehead atoms. The van der Waals surface area contributed by atoms with Gasteiger partial charge in [0.05, 0.1) is 0 Å². The second-order valence-electron chi connectivity index (χ2n) is 12.0. The van der Waals surface area contributed by atoms with E-state index >= 15 is 0 Å². The minimum absolute atomic E-state index is 0.303. The van der Waals surface area contributed by atoms with Gasteiger partial charge in [-0.1, -0.05) is 0 Å². The Kier molecular flexibility index (Phi) is 3.02. The van der Waals surface area contributed by atoms with E-state index in [4.69, 9.17) is 0 Å². The van der Waals surface area contributed by atoms with Crippen molar-refractivity contribution in [2.24, 2.45) is 0 Å². The summed E-state index contributed by atoms with van der Waals surface area (Å²) in [6, 6.07) is 41.2.